The quantitative estimate of drug-likeness (QED) is 0.583. The number of nitrogens with one attached hydrogen (secondary N) is 2. The summed E-state index contributed by atoms with van der Waals surface area (Å²) in [7, 11) is 0. The van der Waals surface area contributed by atoms with Crippen LogP contribution in [0, 0.1) is 17.5 Å². The molecule has 0 saturated carbocycles. The number of amides is 2. The maximum Gasteiger partial charge on any atom is 0.329 e. The molecule has 3 rings (SSSR count). The Labute approximate surface area is 159 Å². The lowest BCUT2D eigenvalue weighted by Crippen LogP contribution is -2.28. The maximum absolute atomic E-state index is 13.3. The van der Waals surface area contributed by atoms with E-state index in [1.807, 2.05) is 0 Å². The van der Waals surface area contributed by atoms with Crippen molar-refractivity contribution in [1.29, 1.82) is 0 Å². The van der Waals surface area contributed by atoms with Crippen molar-refractivity contribution in [1.82, 2.24) is 15.5 Å². The van der Waals surface area contributed by atoms with Gasteiger partial charge in [0, 0.05) is 17.4 Å². The highest BCUT2D eigenvalue weighted by atomic mass is 79.9. The molecule has 2 aromatic carbocycles. The second kappa shape index (κ2) is 8.21. The summed E-state index contributed by atoms with van der Waals surface area (Å²) in [5, 5.41) is 8.52. The van der Waals surface area contributed by atoms with Crippen molar-refractivity contribution in [3.05, 3.63) is 75.3 Å². The molecule has 10 heteroatoms. The maximum atomic E-state index is 13.3. The molecular formula is C17H12BrF3N4O2. The van der Waals surface area contributed by atoms with Gasteiger partial charge in [-0.25, -0.2) is 18.0 Å². The number of hydrogen-bond acceptors (Lipinski definition) is 4. The number of anilines is 1. The number of carbonyl (C=O) groups is 1. The molecule has 3 aromatic rings. The second-order valence-corrected chi connectivity index (χ2v) is 6.34. The third kappa shape index (κ3) is 5.07. The van der Waals surface area contributed by atoms with E-state index in [0.717, 1.165) is 17.7 Å². The van der Waals surface area contributed by atoms with E-state index in [9.17, 15) is 18.0 Å². The van der Waals surface area contributed by atoms with E-state index in [1.165, 1.54) is 12.1 Å². The fraction of sp³-hybridized carbons (Fsp3) is 0.118. The molecule has 0 aliphatic heterocycles. The molecule has 0 spiro atoms. The fourth-order valence-electron chi connectivity index (χ4n) is 2.18. The van der Waals surface area contributed by atoms with Gasteiger partial charge < -0.3 is 9.84 Å². The summed E-state index contributed by atoms with van der Waals surface area (Å²) in [4.78, 5) is 15.9. The van der Waals surface area contributed by atoms with Crippen LogP contribution in [0.3, 0.4) is 0 Å². The summed E-state index contributed by atoms with van der Waals surface area (Å²) in [6, 6.07) is 6.97. The molecular weight excluding hydrogens is 429 g/mol. The molecule has 0 atom stereocenters. The van der Waals surface area contributed by atoms with E-state index < -0.39 is 17.7 Å². The van der Waals surface area contributed by atoms with E-state index in [-0.39, 0.29) is 18.4 Å². The third-order valence-electron chi connectivity index (χ3n) is 3.49. The standard InChI is InChI=1S/C17H12BrF3N4O2/c18-12-7-14(21)13(20)6-10(12)8-22-16(26)24-17-23-15(25-27-17)5-9-1-3-11(19)4-2-9/h1-4,6-7H,5,8H2,(H2,22,23,24,25,26). The minimum atomic E-state index is -1.02. The minimum Gasteiger partial charge on any atom is -0.334 e. The largest absolute Gasteiger partial charge is 0.334 e. The molecule has 6 nitrogen and oxygen atoms in total. The summed E-state index contributed by atoms with van der Waals surface area (Å²) < 4.78 is 44.5. The third-order valence-corrected chi connectivity index (χ3v) is 4.23. The average Bonchev–Trinajstić information content (AvgIpc) is 3.06. The van der Waals surface area contributed by atoms with Gasteiger partial charge in [-0.2, -0.15) is 4.98 Å². The molecule has 27 heavy (non-hydrogen) atoms. The molecule has 0 radical (unpaired) electrons. The van der Waals surface area contributed by atoms with Gasteiger partial charge in [-0.05, 0) is 35.4 Å². The number of hydrogen-bond donors (Lipinski definition) is 2. The Morgan fingerprint density at radius 3 is 2.56 bits per heavy atom. The van der Waals surface area contributed by atoms with Crippen LogP contribution in [0.2, 0.25) is 0 Å². The van der Waals surface area contributed by atoms with E-state index in [4.69, 9.17) is 4.52 Å². The Bertz CT molecular complexity index is 963. The molecule has 2 N–H and O–H groups in total. The lowest BCUT2D eigenvalue weighted by Gasteiger charge is -2.07. The molecule has 0 bridgehead atoms. The number of benzene rings is 2. The van der Waals surface area contributed by atoms with Crippen LogP contribution in [0.1, 0.15) is 17.0 Å². The Hall–Kier alpha value is -2.88. The highest BCUT2D eigenvalue weighted by molar-refractivity contribution is 9.10. The zero-order valence-electron chi connectivity index (χ0n) is 13.6. The summed E-state index contributed by atoms with van der Waals surface area (Å²) in [5.41, 5.74) is 1.13. The SMILES string of the molecule is O=C(NCc1cc(F)c(F)cc1Br)Nc1nc(Cc2ccc(F)cc2)no1. The first-order valence-electron chi connectivity index (χ1n) is 7.66. The summed E-state index contributed by atoms with van der Waals surface area (Å²) in [6.07, 6.45) is 0.300. The van der Waals surface area contributed by atoms with Gasteiger partial charge in [0.1, 0.15) is 5.82 Å². The molecule has 0 fully saturated rings. The average molecular weight is 441 g/mol. The number of carbonyl (C=O) groups excluding carboxylic acids is 1. The Kier molecular flexibility index (Phi) is 5.75. The molecule has 1 heterocycles. The van der Waals surface area contributed by atoms with E-state index in [1.54, 1.807) is 12.1 Å². The molecule has 0 aliphatic carbocycles. The van der Waals surface area contributed by atoms with Crippen molar-refractivity contribution in [2.24, 2.45) is 0 Å². The number of urea groups is 1. The van der Waals surface area contributed by atoms with Gasteiger partial charge in [-0.1, -0.05) is 33.2 Å². The molecule has 1 aromatic heterocycles. The zero-order chi connectivity index (χ0) is 19.4. The highest BCUT2D eigenvalue weighted by Gasteiger charge is 2.12. The van der Waals surface area contributed by atoms with Gasteiger partial charge in [0.2, 0.25) is 0 Å². The van der Waals surface area contributed by atoms with Crippen molar-refractivity contribution >= 4 is 28.0 Å². The topological polar surface area (TPSA) is 80.0 Å². The predicted molar refractivity (Wildman–Crippen MR) is 93.4 cm³/mol. The molecule has 0 saturated heterocycles. The van der Waals surface area contributed by atoms with Crippen LogP contribution in [0.4, 0.5) is 24.0 Å². The first-order chi connectivity index (χ1) is 12.9. The summed E-state index contributed by atoms with van der Waals surface area (Å²) in [6.45, 7) is -0.0554. The first kappa shape index (κ1) is 18.9. The summed E-state index contributed by atoms with van der Waals surface area (Å²) in [5.74, 6) is -2.05. The smallest absolute Gasteiger partial charge is 0.329 e. The fourth-order valence-corrected chi connectivity index (χ4v) is 2.63. The van der Waals surface area contributed by atoms with Gasteiger partial charge >= 0.3 is 12.0 Å². The Morgan fingerprint density at radius 1 is 1.11 bits per heavy atom. The van der Waals surface area contributed by atoms with Crippen LogP contribution in [-0.4, -0.2) is 16.2 Å². The zero-order valence-corrected chi connectivity index (χ0v) is 15.2. The van der Waals surface area contributed by atoms with Crippen LogP contribution < -0.4 is 10.6 Å². The first-order valence-corrected chi connectivity index (χ1v) is 8.45. The molecule has 140 valence electrons. The Balaban J connectivity index is 1.55. The molecule has 2 amide bonds. The van der Waals surface area contributed by atoms with Gasteiger partial charge in [0.15, 0.2) is 17.5 Å². The highest BCUT2D eigenvalue weighted by Crippen LogP contribution is 2.20. The number of halogens is 4. The van der Waals surface area contributed by atoms with Gasteiger partial charge in [0.25, 0.3) is 0 Å². The van der Waals surface area contributed by atoms with Crippen LogP contribution in [0.25, 0.3) is 0 Å². The van der Waals surface area contributed by atoms with Crippen LogP contribution in [0.15, 0.2) is 45.4 Å². The minimum absolute atomic E-state index is 0.0554. The number of aromatic nitrogens is 2. The lowest BCUT2D eigenvalue weighted by molar-refractivity contribution is 0.250. The van der Waals surface area contributed by atoms with Crippen molar-refractivity contribution in [3.63, 3.8) is 0 Å². The van der Waals surface area contributed by atoms with E-state index in [0.29, 0.717) is 22.3 Å². The monoisotopic (exact) mass is 440 g/mol. The number of nitrogens with zero attached hydrogens (tertiary/aromatic N) is 2. The normalized spacial score (nSPS) is 10.7. The van der Waals surface area contributed by atoms with Crippen LogP contribution >= 0.6 is 15.9 Å². The van der Waals surface area contributed by atoms with Crippen molar-refractivity contribution in [3.8, 4) is 0 Å². The number of rotatable bonds is 5. The lowest BCUT2D eigenvalue weighted by atomic mass is 10.1. The van der Waals surface area contributed by atoms with Gasteiger partial charge in [-0.3, -0.25) is 5.32 Å². The van der Waals surface area contributed by atoms with Gasteiger partial charge in [-0.15, -0.1) is 0 Å². The van der Waals surface area contributed by atoms with Crippen LogP contribution in [0.5, 0.6) is 0 Å². The van der Waals surface area contributed by atoms with Crippen molar-refractivity contribution < 1.29 is 22.5 Å². The van der Waals surface area contributed by atoms with Crippen molar-refractivity contribution in [2.75, 3.05) is 5.32 Å². The van der Waals surface area contributed by atoms with E-state index >= 15 is 0 Å². The van der Waals surface area contributed by atoms with Gasteiger partial charge in [0.05, 0.1) is 0 Å². The second-order valence-electron chi connectivity index (χ2n) is 5.48. The molecule has 0 unspecified atom stereocenters. The van der Waals surface area contributed by atoms with Crippen molar-refractivity contribution in [2.45, 2.75) is 13.0 Å². The van der Waals surface area contributed by atoms with E-state index in [2.05, 4.69) is 36.7 Å². The summed E-state index contributed by atoms with van der Waals surface area (Å²) >= 11 is 3.09. The van der Waals surface area contributed by atoms with Crippen LogP contribution in [-0.2, 0) is 13.0 Å². The molecule has 0 aliphatic rings. The predicted octanol–water partition coefficient (Wildman–Crippen LogP) is 4.16. The Morgan fingerprint density at radius 2 is 1.81 bits per heavy atom.